The SMILES string of the molecule is CNC1CCC(Cc2cc(-c3ccc(S(C)(=O)=O)cc3)ccc2OC)(C(N)=O)CC1.Cl. The van der Waals surface area contributed by atoms with E-state index in [2.05, 4.69) is 5.32 Å². The van der Waals surface area contributed by atoms with Crippen molar-refractivity contribution in [2.24, 2.45) is 11.1 Å². The smallest absolute Gasteiger partial charge is 0.223 e. The molecule has 1 fully saturated rings. The maximum absolute atomic E-state index is 12.5. The van der Waals surface area contributed by atoms with Crippen LogP contribution >= 0.6 is 12.4 Å². The van der Waals surface area contributed by atoms with Crippen molar-refractivity contribution in [2.75, 3.05) is 20.4 Å². The number of halogens is 1. The number of carbonyl (C=O) groups is 1. The van der Waals surface area contributed by atoms with Crippen LogP contribution in [0, 0.1) is 5.41 Å². The molecule has 6 nitrogen and oxygen atoms in total. The zero-order valence-electron chi connectivity index (χ0n) is 18.2. The number of hydrogen-bond acceptors (Lipinski definition) is 5. The van der Waals surface area contributed by atoms with Gasteiger partial charge in [-0.05, 0) is 80.1 Å². The van der Waals surface area contributed by atoms with E-state index in [1.165, 1.54) is 6.26 Å². The van der Waals surface area contributed by atoms with Gasteiger partial charge in [0.2, 0.25) is 5.91 Å². The van der Waals surface area contributed by atoms with Crippen molar-refractivity contribution in [1.82, 2.24) is 5.32 Å². The van der Waals surface area contributed by atoms with E-state index >= 15 is 0 Å². The molecule has 0 unspecified atom stereocenters. The van der Waals surface area contributed by atoms with E-state index in [0.29, 0.717) is 12.5 Å². The molecule has 3 rings (SSSR count). The lowest BCUT2D eigenvalue weighted by molar-refractivity contribution is -0.129. The first-order valence-corrected chi connectivity index (χ1v) is 12.0. The van der Waals surface area contributed by atoms with Crippen LogP contribution in [0.5, 0.6) is 5.75 Å². The fourth-order valence-electron chi connectivity index (χ4n) is 4.32. The highest BCUT2D eigenvalue weighted by Crippen LogP contribution is 2.41. The average Bonchev–Trinajstić information content (AvgIpc) is 2.73. The third-order valence-corrected chi connectivity index (χ3v) is 7.43. The predicted molar refractivity (Wildman–Crippen MR) is 125 cm³/mol. The Kier molecular flexibility index (Phi) is 8.14. The third-order valence-electron chi connectivity index (χ3n) is 6.30. The maximum Gasteiger partial charge on any atom is 0.223 e. The molecule has 1 aliphatic carbocycles. The largest absolute Gasteiger partial charge is 0.496 e. The van der Waals surface area contributed by atoms with Crippen LogP contribution in [0.2, 0.25) is 0 Å². The molecular weight excluding hydrogens is 436 g/mol. The van der Waals surface area contributed by atoms with Crippen LogP contribution in [0.4, 0.5) is 0 Å². The summed E-state index contributed by atoms with van der Waals surface area (Å²) in [5.74, 6) is 0.463. The standard InChI is InChI=1S/C23H30N2O4S.ClH/c1-25-19-10-12-23(13-11-19,22(24)26)15-18-14-17(6-9-21(18)29-2)16-4-7-20(8-5-16)30(3,27)28;/h4-9,14,19,25H,10-13,15H2,1-3H3,(H2,24,26);1H. The Hall–Kier alpha value is -2.09. The summed E-state index contributed by atoms with van der Waals surface area (Å²) in [6.45, 7) is 0. The van der Waals surface area contributed by atoms with Crippen molar-refractivity contribution >= 4 is 28.2 Å². The van der Waals surface area contributed by atoms with Gasteiger partial charge < -0.3 is 15.8 Å². The Morgan fingerprint density at radius 2 is 1.71 bits per heavy atom. The van der Waals surface area contributed by atoms with Crippen molar-refractivity contribution in [3.8, 4) is 16.9 Å². The summed E-state index contributed by atoms with van der Waals surface area (Å²) < 4.78 is 29.0. The van der Waals surface area contributed by atoms with E-state index < -0.39 is 15.3 Å². The van der Waals surface area contributed by atoms with Gasteiger partial charge in [-0.3, -0.25) is 4.79 Å². The lowest BCUT2D eigenvalue weighted by Crippen LogP contribution is -2.45. The lowest BCUT2D eigenvalue weighted by Gasteiger charge is -2.38. The molecule has 8 heteroatoms. The lowest BCUT2D eigenvalue weighted by atomic mass is 9.68. The summed E-state index contributed by atoms with van der Waals surface area (Å²) in [6, 6.07) is 13.1. The van der Waals surface area contributed by atoms with Crippen molar-refractivity contribution < 1.29 is 17.9 Å². The van der Waals surface area contributed by atoms with Gasteiger partial charge >= 0.3 is 0 Å². The van der Waals surface area contributed by atoms with Crippen molar-refractivity contribution in [2.45, 2.75) is 43.0 Å². The fraction of sp³-hybridized carbons (Fsp3) is 0.435. The van der Waals surface area contributed by atoms with E-state index in [-0.39, 0.29) is 23.2 Å². The minimum Gasteiger partial charge on any atom is -0.496 e. The molecule has 170 valence electrons. The Bertz CT molecular complexity index is 1010. The zero-order valence-corrected chi connectivity index (χ0v) is 19.8. The molecular formula is C23H31ClN2O4S. The monoisotopic (exact) mass is 466 g/mol. The quantitative estimate of drug-likeness (QED) is 0.651. The molecule has 0 saturated heterocycles. The maximum atomic E-state index is 12.5. The molecule has 0 atom stereocenters. The molecule has 3 N–H and O–H groups in total. The number of methoxy groups -OCH3 is 1. The fourth-order valence-corrected chi connectivity index (χ4v) is 4.96. The van der Waals surface area contributed by atoms with Crippen LogP contribution < -0.4 is 15.8 Å². The van der Waals surface area contributed by atoms with Crippen LogP contribution in [0.25, 0.3) is 11.1 Å². The first-order chi connectivity index (χ1) is 14.2. The van der Waals surface area contributed by atoms with Gasteiger partial charge in [0.25, 0.3) is 0 Å². The van der Waals surface area contributed by atoms with Crippen LogP contribution in [0.3, 0.4) is 0 Å². The number of benzene rings is 2. The molecule has 31 heavy (non-hydrogen) atoms. The molecule has 0 radical (unpaired) electrons. The highest BCUT2D eigenvalue weighted by molar-refractivity contribution is 7.90. The minimum atomic E-state index is -3.24. The first-order valence-electron chi connectivity index (χ1n) is 10.1. The third kappa shape index (κ3) is 5.59. The summed E-state index contributed by atoms with van der Waals surface area (Å²) in [5.41, 5.74) is 8.07. The summed E-state index contributed by atoms with van der Waals surface area (Å²) in [4.78, 5) is 12.8. The van der Waals surface area contributed by atoms with E-state index in [1.807, 2.05) is 25.2 Å². The summed E-state index contributed by atoms with van der Waals surface area (Å²) in [6.07, 6.45) is 5.02. The normalized spacial score (nSPS) is 21.2. The molecule has 0 bridgehead atoms. The van der Waals surface area contributed by atoms with Gasteiger partial charge in [0.15, 0.2) is 9.84 Å². The highest BCUT2D eigenvalue weighted by Gasteiger charge is 2.40. The van der Waals surface area contributed by atoms with Crippen molar-refractivity contribution in [1.29, 1.82) is 0 Å². The number of nitrogens with two attached hydrogens (primary N) is 1. The van der Waals surface area contributed by atoms with Gasteiger partial charge in [0.1, 0.15) is 5.75 Å². The number of carbonyl (C=O) groups excluding carboxylic acids is 1. The molecule has 1 saturated carbocycles. The zero-order chi connectivity index (χ0) is 21.9. The van der Waals surface area contributed by atoms with Gasteiger partial charge in [0.05, 0.1) is 17.4 Å². The van der Waals surface area contributed by atoms with Gasteiger partial charge in [-0.15, -0.1) is 12.4 Å². The number of sulfone groups is 1. The number of primary amides is 1. The topological polar surface area (TPSA) is 98.5 Å². The van der Waals surface area contributed by atoms with E-state index in [9.17, 15) is 13.2 Å². The summed E-state index contributed by atoms with van der Waals surface area (Å²) >= 11 is 0. The van der Waals surface area contributed by atoms with Crippen LogP contribution in [-0.4, -0.2) is 40.8 Å². The number of rotatable bonds is 7. The van der Waals surface area contributed by atoms with Gasteiger partial charge in [0, 0.05) is 12.3 Å². The second-order valence-corrected chi connectivity index (χ2v) is 10.2. The second kappa shape index (κ2) is 10.0. The average molecular weight is 467 g/mol. The van der Waals surface area contributed by atoms with Gasteiger partial charge in [-0.1, -0.05) is 18.2 Å². The molecule has 0 spiro atoms. The second-order valence-electron chi connectivity index (χ2n) is 8.21. The Labute approximate surface area is 190 Å². The Morgan fingerprint density at radius 3 is 2.19 bits per heavy atom. The van der Waals surface area contributed by atoms with Crippen molar-refractivity contribution in [3.05, 3.63) is 48.0 Å². The summed E-state index contributed by atoms with van der Waals surface area (Å²) in [5, 5.41) is 3.29. The molecule has 0 aromatic heterocycles. The molecule has 1 aliphatic rings. The number of amides is 1. The number of ether oxygens (including phenoxy) is 1. The first kappa shape index (κ1) is 25.2. The van der Waals surface area contributed by atoms with Crippen molar-refractivity contribution in [3.63, 3.8) is 0 Å². The minimum absolute atomic E-state index is 0. The summed E-state index contributed by atoms with van der Waals surface area (Å²) in [7, 11) is 0.326. The van der Waals surface area contributed by atoms with Gasteiger partial charge in [-0.25, -0.2) is 8.42 Å². The predicted octanol–water partition coefficient (Wildman–Crippen LogP) is 3.36. The van der Waals surface area contributed by atoms with E-state index in [0.717, 1.165) is 48.1 Å². The van der Waals surface area contributed by atoms with Crippen LogP contribution in [-0.2, 0) is 21.1 Å². The van der Waals surface area contributed by atoms with E-state index in [1.54, 1.807) is 31.4 Å². The highest BCUT2D eigenvalue weighted by atomic mass is 35.5. The molecule has 0 heterocycles. The van der Waals surface area contributed by atoms with E-state index in [4.69, 9.17) is 10.5 Å². The Balaban J connectivity index is 0.00000341. The molecule has 0 aliphatic heterocycles. The molecule has 2 aromatic carbocycles. The number of hydrogen-bond donors (Lipinski definition) is 2. The van der Waals surface area contributed by atoms with Crippen LogP contribution in [0.1, 0.15) is 31.2 Å². The Morgan fingerprint density at radius 1 is 1.13 bits per heavy atom. The van der Waals surface area contributed by atoms with Crippen LogP contribution in [0.15, 0.2) is 47.4 Å². The van der Waals surface area contributed by atoms with Gasteiger partial charge in [-0.2, -0.15) is 0 Å². The molecule has 2 aromatic rings. The number of nitrogens with one attached hydrogen (secondary N) is 1. The molecule has 1 amide bonds.